The highest BCUT2D eigenvalue weighted by Gasteiger charge is 2.54. The van der Waals surface area contributed by atoms with E-state index in [0.717, 1.165) is 24.6 Å². The number of carbonyl (C=O) groups excluding carboxylic acids is 2. The van der Waals surface area contributed by atoms with Gasteiger partial charge in [0.05, 0.1) is 17.8 Å². The van der Waals surface area contributed by atoms with E-state index in [1.165, 1.54) is 16.7 Å². The predicted octanol–water partition coefficient (Wildman–Crippen LogP) is 0.0167. The van der Waals surface area contributed by atoms with Crippen molar-refractivity contribution in [2.45, 2.75) is 47.5 Å². The van der Waals surface area contributed by atoms with Crippen LogP contribution in [0.2, 0.25) is 0 Å². The minimum absolute atomic E-state index is 0.0799. The lowest BCUT2D eigenvalue weighted by atomic mass is 10.2. The third-order valence-corrected chi connectivity index (χ3v) is 6.98. The molecule has 10 nitrogen and oxygen atoms in total. The molecule has 140 valence electrons. The summed E-state index contributed by atoms with van der Waals surface area (Å²) in [5.74, 6) is -1.74. The number of rotatable bonds is 5. The number of aliphatic carboxylic acids is 1. The molecule has 1 saturated carbocycles. The molecule has 0 aromatic carbocycles. The number of fused-ring (bicyclic) bond motifs is 1. The van der Waals surface area contributed by atoms with E-state index in [2.05, 4.69) is 10.3 Å². The highest BCUT2D eigenvalue weighted by atomic mass is 32.2. The second-order valence-corrected chi connectivity index (χ2v) is 8.84. The molecule has 0 spiro atoms. The monoisotopic (exact) mass is 400 g/mol. The molecule has 3 aliphatic heterocycles. The van der Waals surface area contributed by atoms with Gasteiger partial charge in [0.2, 0.25) is 11.9 Å². The molecule has 4 rings (SSSR count). The van der Waals surface area contributed by atoms with E-state index in [4.69, 9.17) is 10.1 Å². The van der Waals surface area contributed by atoms with Gasteiger partial charge >= 0.3 is 5.97 Å². The lowest BCUT2D eigenvalue weighted by Gasteiger charge is -2.28. The van der Waals surface area contributed by atoms with Crippen LogP contribution in [0.25, 0.3) is 0 Å². The number of nitrogens with one attached hydrogen (secondary N) is 2. The fraction of sp³-hybridized carbons (Fsp3) is 0.643. The zero-order chi connectivity index (χ0) is 18.6. The summed E-state index contributed by atoms with van der Waals surface area (Å²) in [6.07, 6.45) is -0.186. The van der Waals surface area contributed by atoms with Gasteiger partial charge in [0.15, 0.2) is 11.5 Å². The molecule has 3 fully saturated rings. The molecular weight excluding hydrogens is 384 g/mol. The Kier molecular flexibility index (Phi) is 4.45. The van der Waals surface area contributed by atoms with Crippen molar-refractivity contribution >= 4 is 52.4 Å². The van der Waals surface area contributed by atoms with Gasteiger partial charge in [-0.15, -0.1) is 11.8 Å². The summed E-state index contributed by atoms with van der Waals surface area (Å²) in [5.41, 5.74) is -0.647. The number of aliphatic imine (C=N–C) groups is 1. The average molecular weight is 400 g/mol. The number of hydrogen-bond acceptors (Lipinski definition) is 8. The van der Waals surface area contributed by atoms with Crippen molar-refractivity contribution in [3.8, 4) is 0 Å². The maximum Gasteiger partial charge on any atom is 0.304 e. The quantitative estimate of drug-likeness (QED) is 0.504. The van der Waals surface area contributed by atoms with Crippen LogP contribution in [0.3, 0.4) is 0 Å². The number of nitrogens with zero attached hydrogens (tertiary/aromatic N) is 2. The highest BCUT2D eigenvalue weighted by Crippen LogP contribution is 2.46. The van der Waals surface area contributed by atoms with Crippen LogP contribution >= 0.6 is 23.5 Å². The van der Waals surface area contributed by atoms with Gasteiger partial charge in [-0.2, -0.15) is 4.99 Å². The number of carboxylic acids is 1. The van der Waals surface area contributed by atoms with E-state index in [-0.39, 0.29) is 24.1 Å². The smallest absolute Gasteiger partial charge is 0.304 e. The summed E-state index contributed by atoms with van der Waals surface area (Å²) < 4.78 is 5.87. The average Bonchev–Trinajstić information content (AvgIpc) is 3.25. The van der Waals surface area contributed by atoms with E-state index < -0.39 is 45.4 Å². The Morgan fingerprint density at radius 1 is 1.46 bits per heavy atom. The zero-order valence-corrected chi connectivity index (χ0v) is 15.0. The Morgan fingerprint density at radius 2 is 2.19 bits per heavy atom. The van der Waals surface area contributed by atoms with Crippen LogP contribution in [0.15, 0.2) is 4.99 Å². The van der Waals surface area contributed by atoms with Gasteiger partial charge in [-0.3, -0.25) is 30.0 Å². The number of carboxylic acid groups (broad SMARTS) is 1. The topological polar surface area (TPSA) is 152 Å². The minimum atomic E-state index is -1.05. The largest absolute Gasteiger partial charge is 0.481 e. The van der Waals surface area contributed by atoms with Crippen molar-refractivity contribution in [2.75, 3.05) is 0 Å². The Morgan fingerprint density at radius 3 is 2.85 bits per heavy atom. The van der Waals surface area contributed by atoms with Crippen LogP contribution < -0.4 is 5.32 Å². The zero-order valence-electron chi connectivity index (χ0n) is 13.3. The molecule has 1 aliphatic carbocycles. The third-order valence-electron chi connectivity index (χ3n) is 4.52. The van der Waals surface area contributed by atoms with Gasteiger partial charge in [0, 0.05) is 0 Å². The first-order chi connectivity index (χ1) is 12.3. The van der Waals surface area contributed by atoms with E-state index in [1.807, 2.05) is 0 Å². The Balaban J connectivity index is 1.62. The summed E-state index contributed by atoms with van der Waals surface area (Å²) in [7, 11) is 0. The SMILES string of the molecule is N=C1N=C2C(SC(=O)N2C2OC([C@@H](O)C3CC3)SC2CC(=O)O)C(=O)N1. The minimum Gasteiger partial charge on any atom is -0.481 e. The van der Waals surface area contributed by atoms with Gasteiger partial charge in [-0.25, -0.2) is 0 Å². The van der Waals surface area contributed by atoms with Crippen LogP contribution in [-0.2, 0) is 14.3 Å². The molecular formula is C14H16N4O6S2. The maximum atomic E-state index is 12.5. The Bertz CT molecular complexity index is 726. The number of guanidine groups is 1. The normalized spacial score (nSPS) is 35.2. The van der Waals surface area contributed by atoms with Crippen molar-refractivity contribution < 1.29 is 29.3 Å². The van der Waals surface area contributed by atoms with Crippen LogP contribution in [0.4, 0.5) is 4.79 Å². The van der Waals surface area contributed by atoms with Crippen LogP contribution in [0, 0.1) is 11.3 Å². The number of ether oxygens (including phenoxy) is 1. The molecule has 0 aromatic rings. The molecule has 2 amide bonds. The number of hydrogen-bond donors (Lipinski definition) is 4. The first-order valence-corrected chi connectivity index (χ1v) is 9.86. The fourth-order valence-electron chi connectivity index (χ4n) is 3.14. The lowest BCUT2D eigenvalue weighted by molar-refractivity contribution is -0.138. The first-order valence-electron chi connectivity index (χ1n) is 8.04. The lowest BCUT2D eigenvalue weighted by Crippen LogP contribution is -2.52. The Hall–Kier alpha value is -1.63. The summed E-state index contributed by atoms with van der Waals surface area (Å²) in [5, 5.41) is 27.4. The van der Waals surface area contributed by atoms with Gasteiger partial charge in [-0.1, -0.05) is 0 Å². The van der Waals surface area contributed by atoms with Crippen LogP contribution in [0.1, 0.15) is 19.3 Å². The molecule has 0 radical (unpaired) electrons. The molecule has 0 aromatic heterocycles. The Labute approximate surface area is 156 Å². The number of aliphatic hydroxyl groups excluding tert-OH is 1. The summed E-state index contributed by atoms with van der Waals surface area (Å²) in [6.45, 7) is 0. The van der Waals surface area contributed by atoms with Gasteiger partial charge < -0.3 is 14.9 Å². The second-order valence-electron chi connectivity index (χ2n) is 6.44. The van der Waals surface area contributed by atoms with Crippen molar-refractivity contribution in [3.63, 3.8) is 0 Å². The van der Waals surface area contributed by atoms with Gasteiger partial charge in [0.1, 0.15) is 11.3 Å². The standard InChI is InChI=1S/C14H16N4O6S2/c15-13-16-9-8(10(22)17-13)26-14(23)18(9)11-5(3-6(19)20)25-12(24-11)7(21)4-1-2-4/h4-5,7-8,11-12,21H,1-3H2,(H,19,20)(H2,15,17,22)/t5?,7-,8?,11?,12?/m0/s1. The maximum absolute atomic E-state index is 12.5. The van der Waals surface area contributed by atoms with Crippen LogP contribution in [-0.4, -0.2) is 72.3 Å². The molecule has 3 heterocycles. The van der Waals surface area contributed by atoms with Crippen molar-refractivity contribution in [1.29, 1.82) is 5.41 Å². The van der Waals surface area contributed by atoms with Crippen molar-refractivity contribution in [1.82, 2.24) is 10.2 Å². The van der Waals surface area contributed by atoms with E-state index >= 15 is 0 Å². The molecule has 0 bridgehead atoms. The number of amidine groups is 1. The molecule has 4 unspecified atom stereocenters. The number of aliphatic hydroxyl groups is 1. The van der Waals surface area contributed by atoms with Gasteiger partial charge in [0.25, 0.3) is 5.24 Å². The van der Waals surface area contributed by atoms with Gasteiger partial charge in [-0.05, 0) is 30.5 Å². The molecule has 4 aliphatic rings. The number of thioether (sulfide) groups is 2. The van der Waals surface area contributed by atoms with Crippen molar-refractivity contribution in [2.24, 2.45) is 10.9 Å². The predicted molar refractivity (Wildman–Crippen MR) is 92.9 cm³/mol. The molecule has 5 atom stereocenters. The van der Waals surface area contributed by atoms with E-state index in [9.17, 15) is 24.6 Å². The fourth-order valence-corrected chi connectivity index (χ4v) is 5.55. The molecule has 2 saturated heterocycles. The van der Waals surface area contributed by atoms with Crippen LogP contribution in [0.5, 0.6) is 0 Å². The summed E-state index contributed by atoms with van der Waals surface area (Å²) in [6, 6.07) is 0. The van der Waals surface area contributed by atoms with E-state index in [0.29, 0.717) is 0 Å². The molecule has 4 N–H and O–H groups in total. The highest BCUT2D eigenvalue weighted by molar-refractivity contribution is 8.16. The molecule has 26 heavy (non-hydrogen) atoms. The number of amides is 2. The summed E-state index contributed by atoms with van der Waals surface area (Å²) >= 11 is 1.94. The third kappa shape index (κ3) is 3.10. The second kappa shape index (κ2) is 6.51. The van der Waals surface area contributed by atoms with E-state index in [1.54, 1.807) is 0 Å². The van der Waals surface area contributed by atoms with Crippen molar-refractivity contribution in [3.05, 3.63) is 0 Å². The summed E-state index contributed by atoms with van der Waals surface area (Å²) in [4.78, 5) is 40.9. The first kappa shape index (κ1) is 17.8. The molecule has 12 heteroatoms. The number of carbonyl (C=O) groups is 3.